The van der Waals surface area contributed by atoms with Crippen LogP contribution >= 0.6 is 22.9 Å². The van der Waals surface area contributed by atoms with Crippen molar-refractivity contribution in [2.45, 2.75) is 31.6 Å². The number of hydrogen-bond acceptors (Lipinski definition) is 1. The zero-order valence-electron chi connectivity index (χ0n) is 6.72. The van der Waals surface area contributed by atoms with E-state index in [-0.39, 0.29) is 0 Å². The summed E-state index contributed by atoms with van der Waals surface area (Å²) < 4.78 is 0. The molecule has 0 nitrogen and oxygen atoms in total. The van der Waals surface area contributed by atoms with E-state index in [0.29, 0.717) is 5.38 Å². The molecule has 0 N–H and O–H groups in total. The molecule has 0 saturated heterocycles. The quantitative estimate of drug-likeness (QED) is 0.633. The monoisotopic (exact) mass is 188 g/mol. The molecule has 2 heteroatoms. The molecular formula is C9H13ClS. The Kier molecular flexibility index (Phi) is 3.95. The molecule has 0 aliphatic heterocycles. The van der Waals surface area contributed by atoms with Gasteiger partial charge in [0.25, 0.3) is 0 Å². The normalized spacial score (nSPS) is 13.3. The van der Waals surface area contributed by atoms with E-state index in [2.05, 4.69) is 24.4 Å². The number of halogens is 1. The number of alkyl halides is 1. The zero-order valence-corrected chi connectivity index (χ0v) is 8.29. The topological polar surface area (TPSA) is 0 Å². The molecule has 0 amide bonds. The van der Waals surface area contributed by atoms with Crippen molar-refractivity contribution in [1.82, 2.24) is 0 Å². The van der Waals surface area contributed by atoms with Gasteiger partial charge in [0.1, 0.15) is 0 Å². The van der Waals surface area contributed by atoms with Crippen LogP contribution in [0.4, 0.5) is 0 Å². The van der Waals surface area contributed by atoms with Crippen LogP contribution in [-0.2, 0) is 6.42 Å². The molecule has 1 rings (SSSR count). The third-order valence-electron chi connectivity index (χ3n) is 1.60. The molecule has 11 heavy (non-hydrogen) atoms. The van der Waals surface area contributed by atoms with Gasteiger partial charge < -0.3 is 0 Å². The average molecular weight is 189 g/mol. The lowest BCUT2D eigenvalue weighted by molar-refractivity contribution is 0.731. The van der Waals surface area contributed by atoms with E-state index in [1.54, 1.807) is 11.3 Å². The Balaban J connectivity index is 2.31. The largest absolute Gasteiger partial charge is 0.149 e. The fourth-order valence-corrected chi connectivity index (χ4v) is 2.32. The predicted octanol–water partition coefficient (Wildman–Crippen LogP) is 3.70. The SMILES string of the molecule is CCCC(Cl)Cc1cccs1. The van der Waals surface area contributed by atoms with Crippen LogP contribution in [0.25, 0.3) is 0 Å². The van der Waals surface area contributed by atoms with Crippen molar-refractivity contribution in [3.63, 3.8) is 0 Å². The van der Waals surface area contributed by atoms with Gasteiger partial charge in [-0.25, -0.2) is 0 Å². The summed E-state index contributed by atoms with van der Waals surface area (Å²) in [5.74, 6) is 0. The van der Waals surface area contributed by atoms with Gasteiger partial charge in [-0.2, -0.15) is 0 Å². The van der Waals surface area contributed by atoms with Gasteiger partial charge in [0.05, 0.1) is 0 Å². The molecule has 0 aliphatic carbocycles. The second kappa shape index (κ2) is 4.78. The van der Waals surface area contributed by atoms with Crippen LogP contribution in [0.2, 0.25) is 0 Å². The maximum Gasteiger partial charge on any atom is 0.0384 e. The number of thiophene rings is 1. The van der Waals surface area contributed by atoms with Crippen molar-refractivity contribution in [3.05, 3.63) is 22.4 Å². The second-order valence-corrected chi connectivity index (χ2v) is 4.32. The lowest BCUT2D eigenvalue weighted by Crippen LogP contribution is -2.00. The molecule has 62 valence electrons. The van der Waals surface area contributed by atoms with Gasteiger partial charge in [-0.15, -0.1) is 22.9 Å². The minimum atomic E-state index is 0.332. The van der Waals surface area contributed by atoms with Crippen LogP contribution in [-0.4, -0.2) is 5.38 Å². The van der Waals surface area contributed by atoms with Gasteiger partial charge in [-0.1, -0.05) is 19.4 Å². The Bertz CT molecular complexity index is 181. The number of hydrogen-bond donors (Lipinski definition) is 0. The summed E-state index contributed by atoms with van der Waals surface area (Å²) in [5.41, 5.74) is 0. The van der Waals surface area contributed by atoms with Crippen LogP contribution in [0.1, 0.15) is 24.6 Å². The molecule has 0 aromatic carbocycles. The highest BCUT2D eigenvalue weighted by Gasteiger charge is 2.04. The van der Waals surface area contributed by atoms with Crippen LogP contribution in [0.3, 0.4) is 0 Å². The van der Waals surface area contributed by atoms with Crippen LogP contribution in [0.5, 0.6) is 0 Å². The Morgan fingerprint density at radius 2 is 2.45 bits per heavy atom. The summed E-state index contributed by atoms with van der Waals surface area (Å²) in [5, 5.41) is 2.43. The smallest absolute Gasteiger partial charge is 0.0384 e. The molecular weight excluding hydrogens is 176 g/mol. The predicted molar refractivity (Wildman–Crippen MR) is 52.6 cm³/mol. The zero-order chi connectivity index (χ0) is 8.10. The summed E-state index contributed by atoms with van der Waals surface area (Å²) in [7, 11) is 0. The van der Waals surface area contributed by atoms with Gasteiger partial charge in [0.2, 0.25) is 0 Å². The molecule has 1 atom stereocenters. The summed E-state index contributed by atoms with van der Waals surface area (Å²) in [6, 6.07) is 4.23. The Labute approximate surface area is 77.2 Å². The van der Waals surface area contributed by atoms with Crippen LogP contribution in [0, 0.1) is 0 Å². The van der Waals surface area contributed by atoms with E-state index in [0.717, 1.165) is 12.8 Å². The summed E-state index contributed by atoms with van der Waals surface area (Å²) >= 11 is 7.87. The van der Waals surface area contributed by atoms with E-state index < -0.39 is 0 Å². The number of rotatable bonds is 4. The van der Waals surface area contributed by atoms with Crippen molar-refractivity contribution in [2.75, 3.05) is 0 Å². The van der Waals surface area contributed by atoms with Crippen molar-refractivity contribution in [1.29, 1.82) is 0 Å². The fraction of sp³-hybridized carbons (Fsp3) is 0.556. The van der Waals surface area contributed by atoms with Crippen LogP contribution in [0.15, 0.2) is 17.5 Å². The van der Waals surface area contributed by atoms with E-state index in [1.807, 2.05) is 0 Å². The highest BCUT2D eigenvalue weighted by Crippen LogP contribution is 2.16. The summed E-state index contributed by atoms with van der Waals surface area (Å²) in [4.78, 5) is 1.40. The molecule has 0 saturated carbocycles. The maximum atomic E-state index is 6.08. The molecule has 1 heterocycles. The van der Waals surface area contributed by atoms with E-state index in [4.69, 9.17) is 11.6 Å². The van der Waals surface area contributed by atoms with Crippen LogP contribution < -0.4 is 0 Å². The molecule has 0 bridgehead atoms. The average Bonchev–Trinajstić information content (AvgIpc) is 2.40. The maximum absolute atomic E-state index is 6.08. The molecule has 0 fully saturated rings. The van der Waals surface area contributed by atoms with Crippen molar-refractivity contribution in [3.8, 4) is 0 Å². The van der Waals surface area contributed by atoms with E-state index >= 15 is 0 Å². The van der Waals surface area contributed by atoms with E-state index in [1.165, 1.54) is 11.3 Å². The highest BCUT2D eigenvalue weighted by molar-refractivity contribution is 7.09. The lowest BCUT2D eigenvalue weighted by atomic mass is 10.2. The molecule has 0 radical (unpaired) electrons. The third kappa shape index (κ3) is 3.26. The minimum Gasteiger partial charge on any atom is -0.149 e. The van der Waals surface area contributed by atoms with Gasteiger partial charge in [-0.05, 0) is 24.3 Å². The van der Waals surface area contributed by atoms with Crippen molar-refractivity contribution >= 4 is 22.9 Å². The van der Waals surface area contributed by atoms with Crippen molar-refractivity contribution < 1.29 is 0 Å². The molecule has 1 aromatic heterocycles. The molecule has 0 aliphatic rings. The first-order valence-electron chi connectivity index (χ1n) is 3.99. The molecule has 1 unspecified atom stereocenters. The van der Waals surface area contributed by atoms with Gasteiger partial charge in [0.15, 0.2) is 0 Å². The Morgan fingerprint density at radius 1 is 1.64 bits per heavy atom. The Hall–Kier alpha value is -0.0100. The second-order valence-electron chi connectivity index (χ2n) is 2.67. The van der Waals surface area contributed by atoms with Gasteiger partial charge >= 0.3 is 0 Å². The first kappa shape index (κ1) is 9.08. The first-order chi connectivity index (χ1) is 5.33. The van der Waals surface area contributed by atoms with E-state index in [9.17, 15) is 0 Å². The lowest BCUT2D eigenvalue weighted by Gasteiger charge is -2.04. The first-order valence-corrected chi connectivity index (χ1v) is 5.31. The molecule has 1 aromatic rings. The van der Waals surface area contributed by atoms with Crippen molar-refractivity contribution in [2.24, 2.45) is 0 Å². The highest BCUT2D eigenvalue weighted by atomic mass is 35.5. The van der Waals surface area contributed by atoms with Gasteiger partial charge in [-0.3, -0.25) is 0 Å². The Morgan fingerprint density at radius 3 is 3.00 bits per heavy atom. The summed E-state index contributed by atoms with van der Waals surface area (Å²) in [6.07, 6.45) is 3.34. The molecule has 0 spiro atoms. The standard InChI is InChI=1S/C9H13ClS/c1-2-4-8(10)7-9-5-3-6-11-9/h3,5-6,8H,2,4,7H2,1H3. The van der Waals surface area contributed by atoms with Gasteiger partial charge in [0, 0.05) is 10.3 Å². The fourth-order valence-electron chi connectivity index (χ4n) is 1.06. The summed E-state index contributed by atoms with van der Waals surface area (Å²) in [6.45, 7) is 2.17. The third-order valence-corrected chi connectivity index (χ3v) is 2.88. The minimum absolute atomic E-state index is 0.332.